The van der Waals surface area contributed by atoms with Gasteiger partial charge in [-0.25, -0.2) is 9.97 Å². The average Bonchev–Trinajstić information content (AvgIpc) is 2.90. The molecule has 0 saturated carbocycles. The number of hydrogen-bond acceptors (Lipinski definition) is 4. The summed E-state index contributed by atoms with van der Waals surface area (Å²) in [5, 5.41) is 4.10. The normalized spacial score (nSPS) is 10.7. The summed E-state index contributed by atoms with van der Waals surface area (Å²) in [5.41, 5.74) is 3.43. The van der Waals surface area contributed by atoms with Crippen LogP contribution in [0.1, 0.15) is 5.56 Å². The third kappa shape index (κ3) is 2.91. The van der Waals surface area contributed by atoms with E-state index in [2.05, 4.69) is 52.5 Å². The molecule has 0 atom stereocenters. The zero-order chi connectivity index (χ0) is 14.8. The minimum Gasteiger partial charge on any atom is -0.211 e. The van der Waals surface area contributed by atoms with Crippen LogP contribution in [0.25, 0.3) is 21.3 Å². The van der Waals surface area contributed by atoms with Crippen molar-refractivity contribution in [3.05, 3.63) is 40.4 Å². The van der Waals surface area contributed by atoms with Crippen molar-refractivity contribution < 1.29 is 0 Å². The van der Waals surface area contributed by atoms with E-state index in [9.17, 15) is 0 Å². The molecule has 0 N–H and O–H groups in total. The molecule has 0 unspecified atom stereocenters. The van der Waals surface area contributed by atoms with Gasteiger partial charge in [0.1, 0.15) is 9.98 Å². The van der Waals surface area contributed by atoms with Crippen molar-refractivity contribution in [2.24, 2.45) is 0 Å². The molecular formula is C16H11ClN2S2. The van der Waals surface area contributed by atoms with Gasteiger partial charge in [0.2, 0.25) is 0 Å². The Bertz CT molecular complexity index is 832. The molecule has 0 aliphatic heterocycles. The number of hydrogen-bond donors (Lipinski definition) is 0. The molecule has 2 aromatic heterocycles. The minimum atomic E-state index is 0.483. The average molecular weight is 331 g/mol. The van der Waals surface area contributed by atoms with Crippen molar-refractivity contribution in [1.29, 1.82) is 0 Å². The first-order chi connectivity index (χ1) is 10.2. The fraction of sp³-hybridized carbons (Fsp3) is 0.125. The van der Waals surface area contributed by atoms with Gasteiger partial charge in [-0.1, -0.05) is 59.1 Å². The Morgan fingerprint density at radius 1 is 1.29 bits per heavy atom. The SMILES string of the molecule is C#CCSc1nc(Cl)c2c(-c3ccc(C)cc3)csc2n1. The Morgan fingerprint density at radius 3 is 2.76 bits per heavy atom. The number of aryl methyl sites for hydroxylation is 1. The number of thiophene rings is 1. The number of terminal acetylenes is 1. The maximum atomic E-state index is 6.36. The summed E-state index contributed by atoms with van der Waals surface area (Å²) in [4.78, 5) is 9.76. The van der Waals surface area contributed by atoms with Crippen LogP contribution in [0.5, 0.6) is 0 Å². The lowest BCUT2D eigenvalue weighted by Crippen LogP contribution is -1.89. The predicted molar refractivity (Wildman–Crippen MR) is 92.2 cm³/mol. The van der Waals surface area contributed by atoms with Crippen LogP contribution >= 0.6 is 34.7 Å². The second-order valence-electron chi connectivity index (χ2n) is 4.49. The van der Waals surface area contributed by atoms with Gasteiger partial charge >= 0.3 is 0 Å². The van der Waals surface area contributed by atoms with Gasteiger partial charge in [0.15, 0.2) is 5.16 Å². The standard InChI is InChI=1S/C16H11ClN2S2/c1-3-8-20-16-18-14(17)13-12(9-21-15(13)19-16)11-6-4-10(2)5-7-11/h1,4-7,9H,8H2,2H3. The van der Waals surface area contributed by atoms with Crippen LogP contribution in [0.15, 0.2) is 34.8 Å². The van der Waals surface area contributed by atoms with E-state index < -0.39 is 0 Å². The first-order valence-electron chi connectivity index (χ1n) is 6.27. The molecule has 3 rings (SSSR count). The Balaban J connectivity index is 2.10. The second kappa shape index (κ2) is 6.07. The van der Waals surface area contributed by atoms with Gasteiger partial charge in [0.05, 0.1) is 11.1 Å². The summed E-state index contributed by atoms with van der Waals surface area (Å²) in [6.45, 7) is 2.07. The van der Waals surface area contributed by atoms with E-state index >= 15 is 0 Å². The van der Waals surface area contributed by atoms with Crippen LogP contribution in [0.3, 0.4) is 0 Å². The Morgan fingerprint density at radius 2 is 2.05 bits per heavy atom. The van der Waals surface area contributed by atoms with E-state index in [-0.39, 0.29) is 0 Å². The van der Waals surface area contributed by atoms with E-state index in [1.165, 1.54) is 17.3 Å². The van der Waals surface area contributed by atoms with E-state index in [1.807, 2.05) is 0 Å². The van der Waals surface area contributed by atoms with Crippen LogP contribution < -0.4 is 0 Å². The van der Waals surface area contributed by atoms with E-state index in [0.717, 1.165) is 21.3 Å². The number of thioether (sulfide) groups is 1. The number of rotatable bonds is 3. The summed E-state index contributed by atoms with van der Waals surface area (Å²) < 4.78 is 0. The van der Waals surface area contributed by atoms with Crippen molar-refractivity contribution in [1.82, 2.24) is 9.97 Å². The molecular weight excluding hydrogens is 320 g/mol. The Hall–Kier alpha value is -1.54. The van der Waals surface area contributed by atoms with Crippen molar-refractivity contribution in [2.75, 3.05) is 5.75 Å². The van der Waals surface area contributed by atoms with Gasteiger partial charge in [-0.05, 0) is 12.5 Å². The summed E-state index contributed by atoms with van der Waals surface area (Å²) in [6, 6.07) is 8.36. The molecule has 0 spiro atoms. The van der Waals surface area contributed by atoms with Crippen molar-refractivity contribution in [3.63, 3.8) is 0 Å². The molecule has 1 aromatic carbocycles. The monoisotopic (exact) mass is 330 g/mol. The molecule has 2 nitrogen and oxygen atoms in total. The van der Waals surface area contributed by atoms with E-state index in [4.69, 9.17) is 18.0 Å². The van der Waals surface area contributed by atoms with Crippen LogP contribution in [-0.2, 0) is 0 Å². The van der Waals surface area contributed by atoms with E-state index in [1.54, 1.807) is 11.3 Å². The number of halogens is 1. The quantitative estimate of drug-likeness (QED) is 0.291. The lowest BCUT2D eigenvalue weighted by atomic mass is 10.1. The maximum absolute atomic E-state index is 6.36. The van der Waals surface area contributed by atoms with Gasteiger partial charge < -0.3 is 0 Å². The van der Waals surface area contributed by atoms with Crippen LogP contribution in [0, 0.1) is 19.3 Å². The van der Waals surface area contributed by atoms with Crippen molar-refractivity contribution in [3.8, 4) is 23.5 Å². The molecule has 5 heteroatoms. The molecule has 0 aliphatic rings. The van der Waals surface area contributed by atoms with Gasteiger partial charge in [-0.2, -0.15) is 0 Å². The Labute approximate surface area is 136 Å². The zero-order valence-electron chi connectivity index (χ0n) is 11.3. The smallest absolute Gasteiger partial charge is 0.191 e. The highest BCUT2D eigenvalue weighted by Gasteiger charge is 2.14. The molecule has 0 fully saturated rings. The Kier molecular flexibility index (Phi) is 4.16. The van der Waals surface area contributed by atoms with Crippen molar-refractivity contribution in [2.45, 2.75) is 12.1 Å². The fourth-order valence-electron chi connectivity index (χ4n) is 2.00. The predicted octanol–water partition coefficient (Wildman–Crippen LogP) is 5.05. The molecule has 0 radical (unpaired) electrons. The lowest BCUT2D eigenvalue weighted by molar-refractivity contribution is 1.01. The molecule has 0 bridgehead atoms. The topological polar surface area (TPSA) is 25.8 Å². The molecule has 0 amide bonds. The van der Waals surface area contributed by atoms with Crippen LogP contribution in [0.4, 0.5) is 0 Å². The van der Waals surface area contributed by atoms with E-state index in [0.29, 0.717) is 16.1 Å². The highest BCUT2D eigenvalue weighted by molar-refractivity contribution is 7.99. The maximum Gasteiger partial charge on any atom is 0.191 e. The number of aromatic nitrogens is 2. The summed E-state index contributed by atoms with van der Waals surface area (Å²) >= 11 is 9.35. The number of nitrogens with zero attached hydrogens (tertiary/aromatic N) is 2. The molecule has 2 heterocycles. The molecule has 3 aromatic rings. The largest absolute Gasteiger partial charge is 0.211 e. The summed E-state index contributed by atoms with van der Waals surface area (Å²) in [7, 11) is 0. The van der Waals surface area contributed by atoms with Gasteiger partial charge in [-0.3, -0.25) is 0 Å². The highest BCUT2D eigenvalue weighted by atomic mass is 35.5. The first kappa shape index (κ1) is 14.4. The third-order valence-electron chi connectivity index (χ3n) is 3.02. The summed E-state index contributed by atoms with van der Waals surface area (Å²) in [5.74, 6) is 3.10. The van der Waals surface area contributed by atoms with Crippen LogP contribution in [-0.4, -0.2) is 15.7 Å². The van der Waals surface area contributed by atoms with Crippen LogP contribution in [0.2, 0.25) is 5.15 Å². The van der Waals surface area contributed by atoms with Gasteiger partial charge in [0, 0.05) is 10.9 Å². The molecule has 0 aliphatic carbocycles. The number of benzene rings is 1. The first-order valence-corrected chi connectivity index (χ1v) is 8.51. The minimum absolute atomic E-state index is 0.483. The lowest BCUT2D eigenvalue weighted by Gasteiger charge is -2.03. The van der Waals surface area contributed by atoms with Crippen molar-refractivity contribution >= 4 is 44.9 Å². The number of fused-ring (bicyclic) bond motifs is 1. The third-order valence-corrected chi connectivity index (χ3v) is 4.91. The zero-order valence-corrected chi connectivity index (χ0v) is 13.6. The molecule has 21 heavy (non-hydrogen) atoms. The molecule has 104 valence electrons. The van der Waals surface area contributed by atoms with Gasteiger partial charge in [-0.15, -0.1) is 17.8 Å². The highest BCUT2D eigenvalue weighted by Crippen LogP contribution is 2.37. The second-order valence-corrected chi connectivity index (χ2v) is 6.64. The fourth-order valence-corrected chi connectivity index (χ4v) is 3.90. The summed E-state index contributed by atoms with van der Waals surface area (Å²) in [6.07, 6.45) is 5.26. The van der Waals surface area contributed by atoms with Gasteiger partial charge in [0.25, 0.3) is 0 Å². The molecule has 0 saturated heterocycles.